The summed E-state index contributed by atoms with van der Waals surface area (Å²) in [6.45, 7) is 2.46. The Hall–Kier alpha value is -3.52. The first-order valence-corrected chi connectivity index (χ1v) is 11.0. The molecular formula is C25H25F2N5O. The van der Waals surface area contributed by atoms with E-state index < -0.39 is 11.6 Å². The third-order valence-corrected chi connectivity index (χ3v) is 6.19. The van der Waals surface area contributed by atoms with Gasteiger partial charge in [-0.15, -0.1) is 0 Å². The lowest BCUT2D eigenvalue weighted by Crippen LogP contribution is -2.34. The van der Waals surface area contributed by atoms with Gasteiger partial charge in [0.2, 0.25) is 0 Å². The predicted octanol–water partition coefficient (Wildman–Crippen LogP) is 4.93. The second-order valence-electron chi connectivity index (χ2n) is 8.33. The number of methoxy groups -OCH3 is 1. The van der Waals surface area contributed by atoms with Crippen LogP contribution in [0.2, 0.25) is 0 Å². The molecule has 3 heterocycles. The van der Waals surface area contributed by atoms with Gasteiger partial charge in [0.1, 0.15) is 23.1 Å². The maximum absolute atomic E-state index is 14.4. The lowest BCUT2D eigenvalue weighted by molar-refractivity contribution is 0.198. The third-order valence-electron chi connectivity index (χ3n) is 6.19. The van der Waals surface area contributed by atoms with E-state index in [-0.39, 0.29) is 11.5 Å². The summed E-state index contributed by atoms with van der Waals surface area (Å²) in [5.74, 6) is -0.278. The number of benzene rings is 2. The van der Waals surface area contributed by atoms with Gasteiger partial charge in [0.25, 0.3) is 0 Å². The summed E-state index contributed by atoms with van der Waals surface area (Å²) in [5.41, 5.74) is 3.25. The molecule has 1 fully saturated rings. The zero-order chi connectivity index (χ0) is 22.8. The number of hydrogen-bond acceptors (Lipinski definition) is 4. The van der Waals surface area contributed by atoms with Crippen LogP contribution in [0.25, 0.3) is 16.8 Å². The molecule has 4 aromatic rings. The van der Waals surface area contributed by atoms with E-state index in [4.69, 9.17) is 4.74 Å². The van der Waals surface area contributed by atoms with E-state index in [1.807, 2.05) is 41.3 Å². The molecule has 1 N–H and O–H groups in total. The quantitative estimate of drug-likeness (QED) is 0.454. The Morgan fingerprint density at radius 3 is 2.73 bits per heavy atom. The molecule has 5 rings (SSSR count). The minimum atomic E-state index is -0.575. The number of ether oxygens (including phenoxy) is 1. The van der Waals surface area contributed by atoms with Crippen LogP contribution in [-0.2, 0) is 6.54 Å². The molecule has 1 atom stereocenters. The van der Waals surface area contributed by atoms with Crippen molar-refractivity contribution >= 4 is 0 Å². The van der Waals surface area contributed by atoms with Crippen molar-refractivity contribution in [2.24, 2.45) is 0 Å². The monoisotopic (exact) mass is 449 g/mol. The Morgan fingerprint density at radius 2 is 1.91 bits per heavy atom. The molecule has 1 aliphatic rings. The molecule has 33 heavy (non-hydrogen) atoms. The minimum Gasteiger partial charge on any atom is -0.494 e. The SMILES string of the molecule is COc1ccccc1-n1cc(CN2CCC[C@@H](c3[nH]ncc3-c3c(F)cccc3F)C2)cn1. The van der Waals surface area contributed by atoms with Crippen molar-refractivity contribution in [1.29, 1.82) is 0 Å². The van der Waals surface area contributed by atoms with E-state index >= 15 is 0 Å². The molecule has 0 spiro atoms. The molecule has 0 bridgehead atoms. The van der Waals surface area contributed by atoms with Crippen molar-refractivity contribution < 1.29 is 13.5 Å². The first kappa shape index (κ1) is 21.3. The summed E-state index contributed by atoms with van der Waals surface area (Å²) in [4.78, 5) is 2.35. The Morgan fingerprint density at radius 1 is 1.09 bits per heavy atom. The lowest BCUT2D eigenvalue weighted by Gasteiger charge is -2.32. The van der Waals surface area contributed by atoms with E-state index in [9.17, 15) is 8.78 Å². The average molecular weight is 450 g/mol. The third kappa shape index (κ3) is 4.26. The average Bonchev–Trinajstić information content (AvgIpc) is 3.49. The van der Waals surface area contributed by atoms with Crippen LogP contribution in [0.4, 0.5) is 8.78 Å². The maximum Gasteiger partial charge on any atom is 0.144 e. The van der Waals surface area contributed by atoms with Crippen molar-refractivity contribution in [3.05, 3.63) is 83.9 Å². The highest BCUT2D eigenvalue weighted by molar-refractivity contribution is 5.67. The molecule has 0 aliphatic carbocycles. The van der Waals surface area contributed by atoms with Crippen molar-refractivity contribution in [3.8, 4) is 22.6 Å². The van der Waals surface area contributed by atoms with Gasteiger partial charge in [-0.2, -0.15) is 10.2 Å². The number of likely N-dealkylation sites (tertiary alicyclic amines) is 1. The first-order chi connectivity index (χ1) is 16.1. The molecule has 0 saturated carbocycles. The molecule has 1 saturated heterocycles. The Kier molecular flexibility index (Phi) is 5.92. The second-order valence-corrected chi connectivity index (χ2v) is 8.33. The fourth-order valence-electron chi connectivity index (χ4n) is 4.65. The molecule has 2 aromatic carbocycles. The number of aromatic amines is 1. The highest BCUT2D eigenvalue weighted by Gasteiger charge is 2.27. The van der Waals surface area contributed by atoms with Gasteiger partial charge in [-0.05, 0) is 43.7 Å². The lowest BCUT2D eigenvalue weighted by atomic mass is 9.90. The van der Waals surface area contributed by atoms with Crippen LogP contribution in [0, 0.1) is 11.6 Å². The fraction of sp³-hybridized carbons (Fsp3) is 0.280. The van der Waals surface area contributed by atoms with Gasteiger partial charge in [-0.3, -0.25) is 10.00 Å². The fourth-order valence-corrected chi connectivity index (χ4v) is 4.65. The van der Waals surface area contributed by atoms with Crippen LogP contribution in [0.15, 0.2) is 61.1 Å². The zero-order valence-corrected chi connectivity index (χ0v) is 18.3. The molecule has 8 heteroatoms. The van der Waals surface area contributed by atoms with Gasteiger partial charge >= 0.3 is 0 Å². The number of rotatable bonds is 6. The normalized spacial score (nSPS) is 16.8. The van der Waals surface area contributed by atoms with Gasteiger partial charge in [-0.25, -0.2) is 13.5 Å². The Bertz CT molecular complexity index is 1230. The smallest absolute Gasteiger partial charge is 0.144 e. The highest BCUT2D eigenvalue weighted by atomic mass is 19.1. The molecule has 0 unspecified atom stereocenters. The van der Waals surface area contributed by atoms with E-state index in [0.29, 0.717) is 5.56 Å². The first-order valence-electron chi connectivity index (χ1n) is 11.0. The standard InChI is InChI=1S/C25H25F2N5O/c1-33-23-10-3-2-9-22(23)32-15-17(12-29-32)14-31-11-5-6-18(16-31)25-19(13-28-30-25)24-20(26)7-4-8-21(24)27/h2-4,7-10,12-13,15,18H,5-6,11,14,16H2,1H3,(H,28,30)/t18-/m1/s1. The number of piperidine rings is 1. The zero-order valence-electron chi connectivity index (χ0n) is 18.3. The van der Waals surface area contributed by atoms with Crippen LogP contribution in [0.1, 0.15) is 30.0 Å². The van der Waals surface area contributed by atoms with Gasteiger partial charge in [-0.1, -0.05) is 18.2 Å². The second kappa shape index (κ2) is 9.15. The molecule has 2 aromatic heterocycles. The van der Waals surface area contributed by atoms with Crippen LogP contribution in [0.3, 0.4) is 0 Å². The van der Waals surface area contributed by atoms with Crippen molar-refractivity contribution in [3.63, 3.8) is 0 Å². The predicted molar refractivity (Wildman–Crippen MR) is 121 cm³/mol. The highest BCUT2D eigenvalue weighted by Crippen LogP contribution is 2.35. The van der Waals surface area contributed by atoms with Crippen molar-refractivity contribution in [2.45, 2.75) is 25.3 Å². The molecule has 170 valence electrons. The van der Waals surface area contributed by atoms with Crippen LogP contribution >= 0.6 is 0 Å². The van der Waals surface area contributed by atoms with Crippen molar-refractivity contribution in [2.75, 3.05) is 20.2 Å². The van der Waals surface area contributed by atoms with Gasteiger partial charge in [0.15, 0.2) is 0 Å². The minimum absolute atomic E-state index is 0.0172. The van der Waals surface area contributed by atoms with E-state index in [1.165, 1.54) is 24.4 Å². The summed E-state index contributed by atoms with van der Waals surface area (Å²) in [6, 6.07) is 11.7. The topological polar surface area (TPSA) is 59.0 Å². The van der Waals surface area contributed by atoms with Gasteiger partial charge in [0, 0.05) is 42.0 Å². The van der Waals surface area contributed by atoms with Gasteiger partial charge in [0.05, 0.1) is 25.1 Å². The number of H-pyrrole nitrogens is 1. The number of hydrogen-bond donors (Lipinski definition) is 1. The number of aromatic nitrogens is 4. The Labute approximate surface area is 190 Å². The van der Waals surface area contributed by atoms with E-state index in [1.54, 1.807) is 7.11 Å². The summed E-state index contributed by atoms with van der Waals surface area (Å²) in [6.07, 6.45) is 7.32. The number of para-hydroxylation sites is 2. The number of nitrogens with one attached hydrogen (secondary N) is 1. The molecule has 1 aliphatic heterocycles. The summed E-state index contributed by atoms with van der Waals surface area (Å²) < 4.78 is 36.1. The van der Waals surface area contributed by atoms with E-state index in [2.05, 4.69) is 20.2 Å². The molecule has 0 amide bonds. The maximum atomic E-state index is 14.4. The molecule has 6 nitrogen and oxygen atoms in total. The van der Waals surface area contributed by atoms with Crippen LogP contribution < -0.4 is 4.74 Å². The summed E-state index contributed by atoms with van der Waals surface area (Å²) in [5, 5.41) is 11.6. The summed E-state index contributed by atoms with van der Waals surface area (Å²) >= 11 is 0. The van der Waals surface area contributed by atoms with Crippen LogP contribution in [-0.4, -0.2) is 45.1 Å². The van der Waals surface area contributed by atoms with E-state index in [0.717, 1.165) is 55.2 Å². The largest absolute Gasteiger partial charge is 0.494 e. The van der Waals surface area contributed by atoms with Crippen molar-refractivity contribution in [1.82, 2.24) is 24.9 Å². The summed E-state index contributed by atoms with van der Waals surface area (Å²) in [7, 11) is 1.65. The van der Waals surface area contributed by atoms with Gasteiger partial charge < -0.3 is 4.74 Å². The van der Waals surface area contributed by atoms with Crippen LogP contribution in [0.5, 0.6) is 5.75 Å². The number of nitrogens with zero attached hydrogens (tertiary/aromatic N) is 4. The number of halogens is 2. The molecular weight excluding hydrogens is 424 g/mol. The molecule has 0 radical (unpaired) electrons. The Balaban J connectivity index is 1.33.